The first kappa shape index (κ1) is 16.0. The third kappa shape index (κ3) is 4.86. The van der Waals surface area contributed by atoms with E-state index >= 15 is 0 Å². The van der Waals surface area contributed by atoms with E-state index in [2.05, 4.69) is 10.2 Å². The van der Waals surface area contributed by atoms with Crippen molar-refractivity contribution in [3.05, 3.63) is 0 Å². The van der Waals surface area contributed by atoms with Gasteiger partial charge in [0.2, 0.25) is 0 Å². The second kappa shape index (κ2) is 7.61. The largest absolute Gasteiger partial charge is 0.481 e. The smallest absolute Gasteiger partial charge is 0.317 e. The summed E-state index contributed by atoms with van der Waals surface area (Å²) in [5.74, 6) is -1.24. The summed E-state index contributed by atoms with van der Waals surface area (Å²) in [6.07, 6.45) is 1.41. The number of ether oxygens (including phenoxy) is 1. The van der Waals surface area contributed by atoms with Gasteiger partial charge >= 0.3 is 12.0 Å². The third-order valence-electron chi connectivity index (χ3n) is 4.06. The van der Waals surface area contributed by atoms with Gasteiger partial charge < -0.3 is 20.1 Å². The van der Waals surface area contributed by atoms with Crippen LogP contribution in [0.25, 0.3) is 0 Å². The number of amides is 2. The predicted molar refractivity (Wildman–Crippen MR) is 77.2 cm³/mol. The van der Waals surface area contributed by atoms with Crippen LogP contribution in [0.1, 0.15) is 19.8 Å². The number of hydrogen-bond donors (Lipinski definition) is 2. The minimum atomic E-state index is -0.811. The first-order chi connectivity index (χ1) is 10.1. The molecule has 2 N–H and O–H groups in total. The van der Waals surface area contributed by atoms with Crippen LogP contribution in [0.5, 0.6) is 0 Å². The van der Waals surface area contributed by atoms with Crippen molar-refractivity contribution < 1.29 is 19.4 Å². The summed E-state index contributed by atoms with van der Waals surface area (Å²) in [4.78, 5) is 27.1. The summed E-state index contributed by atoms with van der Waals surface area (Å²) >= 11 is 0. The lowest BCUT2D eigenvalue weighted by atomic mass is 9.99. The molecule has 0 saturated carbocycles. The van der Waals surface area contributed by atoms with E-state index in [0.717, 1.165) is 39.3 Å². The van der Waals surface area contributed by atoms with E-state index in [1.165, 1.54) is 0 Å². The molecule has 0 aliphatic carbocycles. The van der Waals surface area contributed by atoms with Crippen molar-refractivity contribution in [1.29, 1.82) is 0 Å². The Morgan fingerprint density at radius 3 is 2.71 bits per heavy atom. The molecule has 21 heavy (non-hydrogen) atoms. The van der Waals surface area contributed by atoms with Gasteiger partial charge in [0.1, 0.15) is 0 Å². The van der Waals surface area contributed by atoms with Crippen molar-refractivity contribution >= 4 is 12.0 Å². The maximum atomic E-state index is 12.2. The Morgan fingerprint density at radius 1 is 1.33 bits per heavy atom. The molecule has 0 aromatic carbocycles. The molecule has 2 fully saturated rings. The molecule has 2 saturated heterocycles. The van der Waals surface area contributed by atoms with Crippen LogP contribution in [0.2, 0.25) is 0 Å². The number of nitrogens with one attached hydrogen (secondary N) is 1. The standard InChI is InChI=1S/C14H25N3O4/c1-11(9-16-5-7-21-8-6-16)15-14(20)17-4-2-3-12(10-17)13(18)19/h11-12H,2-10H2,1H3,(H,15,20)(H,18,19)/t11?,12-/m0/s1. The van der Waals surface area contributed by atoms with E-state index in [0.29, 0.717) is 19.5 Å². The van der Waals surface area contributed by atoms with Crippen molar-refractivity contribution in [1.82, 2.24) is 15.1 Å². The molecule has 2 atom stereocenters. The highest BCUT2D eigenvalue weighted by atomic mass is 16.5. The quantitative estimate of drug-likeness (QED) is 0.775. The second-order valence-corrected chi connectivity index (χ2v) is 5.89. The van der Waals surface area contributed by atoms with Gasteiger partial charge in [0.15, 0.2) is 0 Å². The highest BCUT2D eigenvalue weighted by Crippen LogP contribution is 2.16. The maximum Gasteiger partial charge on any atom is 0.317 e. The molecule has 2 amide bonds. The Balaban J connectivity index is 1.75. The van der Waals surface area contributed by atoms with E-state index < -0.39 is 11.9 Å². The number of aliphatic carboxylic acids is 1. The molecule has 2 aliphatic heterocycles. The molecule has 1 unspecified atom stereocenters. The lowest BCUT2D eigenvalue weighted by Crippen LogP contribution is -2.52. The third-order valence-corrected chi connectivity index (χ3v) is 4.06. The van der Waals surface area contributed by atoms with Crippen LogP contribution in [0, 0.1) is 5.92 Å². The summed E-state index contributed by atoms with van der Waals surface area (Å²) in [5.41, 5.74) is 0. The van der Waals surface area contributed by atoms with Gasteiger partial charge in [0.25, 0.3) is 0 Å². The number of piperidine rings is 1. The van der Waals surface area contributed by atoms with Gasteiger partial charge in [-0.2, -0.15) is 0 Å². The molecule has 120 valence electrons. The molecule has 2 rings (SSSR count). The Hall–Kier alpha value is -1.34. The van der Waals surface area contributed by atoms with Gasteiger partial charge in [-0.15, -0.1) is 0 Å². The monoisotopic (exact) mass is 299 g/mol. The van der Waals surface area contributed by atoms with Crippen molar-refractivity contribution in [3.8, 4) is 0 Å². The summed E-state index contributed by atoms with van der Waals surface area (Å²) in [7, 11) is 0. The highest BCUT2D eigenvalue weighted by molar-refractivity contribution is 5.76. The molecule has 0 aromatic rings. The van der Waals surface area contributed by atoms with Crippen LogP contribution in [-0.2, 0) is 9.53 Å². The minimum absolute atomic E-state index is 0.0424. The first-order valence-electron chi connectivity index (χ1n) is 7.64. The summed E-state index contributed by atoms with van der Waals surface area (Å²) in [5, 5.41) is 12.0. The van der Waals surface area contributed by atoms with Crippen LogP contribution in [0.15, 0.2) is 0 Å². The highest BCUT2D eigenvalue weighted by Gasteiger charge is 2.28. The Kier molecular flexibility index (Phi) is 5.81. The lowest BCUT2D eigenvalue weighted by molar-refractivity contribution is -0.143. The maximum absolute atomic E-state index is 12.2. The SMILES string of the molecule is CC(CN1CCOCC1)NC(=O)N1CCC[C@H](C(=O)O)C1. The van der Waals surface area contributed by atoms with Crippen molar-refractivity contribution in [3.63, 3.8) is 0 Å². The number of rotatable bonds is 4. The summed E-state index contributed by atoms with van der Waals surface area (Å²) in [6, 6.07) is -0.109. The Morgan fingerprint density at radius 2 is 2.05 bits per heavy atom. The molecule has 0 bridgehead atoms. The van der Waals surface area contributed by atoms with Gasteiger partial charge in [-0.1, -0.05) is 0 Å². The van der Waals surface area contributed by atoms with Crippen molar-refractivity contribution in [2.75, 3.05) is 45.9 Å². The molecule has 0 aromatic heterocycles. The number of nitrogens with zero attached hydrogens (tertiary/aromatic N) is 2. The molecule has 7 heteroatoms. The number of likely N-dealkylation sites (tertiary alicyclic amines) is 1. The van der Waals surface area contributed by atoms with Gasteiger partial charge in [0.05, 0.1) is 19.1 Å². The number of urea groups is 1. The molecule has 2 aliphatic rings. The van der Waals surface area contributed by atoms with E-state index in [1.54, 1.807) is 4.90 Å². The van der Waals surface area contributed by atoms with Crippen molar-refractivity contribution in [2.24, 2.45) is 5.92 Å². The Labute approximate surface area is 125 Å². The first-order valence-corrected chi connectivity index (χ1v) is 7.64. The number of carbonyl (C=O) groups excluding carboxylic acids is 1. The van der Waals surface area contributed by atoms with Gasteiger partial charge in [-0.05, 0) is 19.8 Å². The predicted octanol–water partition coefficient (Wildman–Crippen LogP) is 0.213. The number of hydrogen-bond acceptors (Lipinski definition) is 4. The molecule has 2 heterocycles. The topological polar surface area (TPSA) is 82.1 Å². The molecule has 7 nitrogen and oxygen atoms in total. The number of carboxylic acid groups (broad SMARTS) is 1. The molecular weight excluding hydrogens is 274 g/mol. The van der Waals surface area contributed by atoms with E-state index in [1.807, 2.05) is 6.92 Å². The molecule has 0 spiro atoms. The normalized spacial score (nSPS) is 25.4. The van der Waals surface area contributed by atoms with Crippen LogP contribution in [0.3, 0.4) is 0 Å². The number of carbonyl (C=O) groups is 2. The number of morpholine rings is 1. The van der Waals surface area contributed by atoms with E-state index in [9.17, 15) is 9.59 Å². The van der Waals surface area contributed by atoms with Crippen LogP contribution in [0.4, 0.5) is 4.79 Å². The van der Waals surface area contributed by atoms with Gasteiger partial charge in [-0.3, -0.25) is 9.69 Å². The zero-order valence-electron chi connectivity index (χ0n) is 12.6. The molecule has 0 radical (unpaired) electrons. The van der Waals surface area contributed by atoms with Gasteiger partial charge in [-0.25, -0.2) is 4.79 Å². The second-order valence-electron chi connectivity index (χ2n) is 5.89. The summed E-state index contributed by atoms with van der Waals surface area (Å²) in [6.45, 7) is 7.00. The zero-order chi connectivity index (χ0) is 15.2. The van der Waals surface area contributed by atoms with Crippen LogP contribution in [-0.4, -0.2) is 78.9 Å². The average molecular weight is 299 g/mol. The lowest BCUT2D eigenvalue weighted by Gasteiger charge is -2.33. The minimum Gasteiger partial charge on any atom is -0.481 e. The van der Waals surface area contributed by atoms with E-state index in [4.69, 9.17) is 9.84 Å². The van der Waals surface area contributed by atoms with Crippen LogP contribution < -0.4 is 5.32 Å². The van der Waals surface area contributed by atoms with E-state index in [-0.39, 0.29) is 12.1 Å². The summed E-state index contributed by atoms with van der Waals surface area (Å²) < 4.78 is 5.30. The van der Waals surface area contributed by atoms with Gasteiger partial charge in [0, 0.05) is 38.8 Å². The van der Waals surface area contributed by atoms with Crippen LogP contribution >= 0.6 is 0 Å². The fraction of sp³-hybridized carbons (Fsp3) is 0.857. The average Bonchev–Trinajstić information content (AvgIpc) is 2.48. The number of carboxylic acids is 1. The fourth-order valence-electron chi connectivity index (χ4n) is 2.88. The van der Waals surface area contributed by atoms with Crippen molar-refractivity contribution in [2.45, 2.75) is 25.8 Å². The fourth-order valence-corrected chi connectivity index (χ4v) is 2.88. The molecular formula is C14H25N3O4. The Bertz CT molecular complexity index is 371. The zero-order valence-corrected chi connectivity index (χ0v) is 12.6.